The molecule has 0 radical (unpaired) electrons. The number of pyridine rings is 1. The van der Waals surface area contributed by atoms with Crippen LogP contribution in [0, 0.1) is 6.92 Å². The lowest BCUT2D eigenvalue weighted by molar-refractivity contribution is 0.0697. The van der Waals surface area contributed by atoms with Crippen molar-refractivity contribution in [2.45, 2.75) is 13.5 Å². The normalized spacial score (nSPS) is 10.1. The molecule has 0 fully saturated rings. The predicted octanol–water partition coefficient (Wildman–Crippen LogP) is 2.70. The number of carboxylic acid groups (broad SMARTS) is 1. The molecule has 0 spiro atoms. The van der Waals surface area contributed by atoms with Gasteiger partial charge in [-0.15, -0.1) is 0 Å². The largest absolute Gasteiger partial charge is 0.478 e. The highest BCUT2D eigenvalue weighted by Gasteiger charge is 2.03. The van der Waals surface area contributed by atoms with E-state index in [-0.39, 0.29) is 5.56 Å². The number of anilines is 1. The van der Waals surface area contributed by atoms with Crippen LogP contribution in [0.25, 0.3) is 0 Å². The van der Waals surface area contributed by atoms with Crippen molar-refractivity contribution in [1.29, 1.82) is 0 Å². The fourth-order valence-corrected chi connectivity index (χ4v) is 1.66. The zero-order valence-electron chi connectivity index (χ0n) is 10.1. The van der Waals surface area contributed by atoms with Crippen molar-refractivity contribution < 1.29 is 9.90 Å². The van der Waals surface area contributed by atoms with Crippen LogP contribution in [0.5, 0.6) is 0 Å². The van der Waals surface area contributed by atoms with Crippen molar-refractivity contribution in [2.75, 3.05) is 5.32 Å². The lowest BCUT2D eigenvalue weighted by atomic mass is 10.1. The molecule has 0 amide bonds. The molecule has 2 aromatic rings. The molecule has 1 heterocycles. The van der Waals surface area contributed by atoms with E-state index >= 15 is 0 Å². The molecule has 18 heavy (non-hydrogen) atoms. The molecule has 1 aromatic carbocycles. The summed E-state index contributed by atoms with van der Waals surface area (Å²) in [6, 6.07) is 8.72. The second-order valence-corrected chi connectivity index (χ2v) is 4.04. The van der Waals surface area contributed by atoms with Crippen molar-refractivity contribution in [3.05, 3.63) is 59.4 Å². The smallest absolute Gasteiger partial charge is 0.335 e. The third-order valence-electron chi connectivity index (χ3n) is 2.73. The SMILES string of the molecule is Cc1cnccc1CNc1cccc(C(=O)O)c1. The number of carboxylic acids is 1. The summed E-state index contributed by atoms with van der Waals surface area (Å²) in [7, 11) is 0. The number of nitrogens with one attached hydrogen (secondary N) is 1. The van der Waals surface area contributed by atoms with Gasteiger partial charge >= 0.3 is 5.97 Å². The van der Waals surface area contributed by atoms with Crippen LogP contribution in [0.15, 0.2) is 42.7 Å². The molecule has 0 aliphatic heterocycles. The maximum absolute atomic E-state index is 10.8. The summed E-state index contributed by atoms with van der Waals surface area (Å²) in [5.74, 6) is -0.918. The fraction of sp³-hybridized carbons (Fsp3) is 0.143. The molecule has 2 rings (SSSR count). The van der Waals surface area contributed by atoms with Crippen LogP contribution in [0.1, 0.15) is 21.5 Å². The molecule has 0 aliphatic rings. The van der Waals surface area contributed by atoms with E-state index in [2.05, 4.69) is 10.3 Å². The van der Waals surface area contributed by atoms with Gasteiger partial charge < -0.3 is 10.4 Å². The molecule has 0 saturated carbocycles. The van der Waals surface area contributed by atoms with Crippen molar-refractivity contribution >= 4 is 11.7 Å². The summed E-state index contributed by atoms with van der Waals surface area (Å²) >= 11 is 0. The highest BCUT2D eigenvalue weighted by Crippen LogP contribution is 2.13. The standard InChI is InChI=1S/C14H14N2O2/c1-10-8-15-6-5-12(10)9-16-13-4-2-3-11(7-13)14(17)18/h2-8,16H,9H2,1H3,(H,17,18). The Kier molecular flexibility index (Phi) is 3.57. The van der Waals surface area contributed by atoms with Crippen LogP contribution >= 0.6 is 0 Å². The van der Waals surface area contributed by atoms with Gasteiger partial charge in [-0.25, -0.2) is 4.79 Å². The Bertz CT molecular complexity index is 567. The fourth-order valence-electron chi connectivity index (χ4n) is 1.66. The highest BCUT2D eigenvalue weighted by molar-refractivity contribution is 5.88. The Morgan fingerprint density at radius 1 is 1.39 bits per heavy atom. The number of benzene rings is 1. The first kappa shape index (κ1) is 12.1. The van der Waals surface area contributed by atoms with E-state index in [0.717, 1.165) is 16.8 Å². The monoisotopic (exact) mass is 242 g/mol. The molecule has 0 unspecified atom stereocenters. The number of aryl methyl sites for hydroxylation is 1. The van der Waals surface area contributed by atoms with E-state index in [0.29, 0.717) is 6.54 Å². The first-order chi connectivity index (χ1) is 8.66. The van der Waals surface area contributed by atoms with Gasteiger partial charge in [-0.05, 0) is 42.3 Å². The number of rotatable bonds is 4. The summed E-state index contributed by atoms with van der Waals surface area (Å²) in [6.07, 6.45) is 3.56. The Labute approximate surface area is 105 Å². The third kappa shape index (κ3) is 2.85. The molecular weight excluding hydrogens is 228 g/mol. The molecule has 92 valence electrons. The number of hydrogen-bond donors (Lipinski definition) is 2. The van der Waals surface area contributed by atoms with Gasteiger partial charge in [0.2, 0.25) is 0 Å². The Balaban J connectivity index is 2.09. The van der Waals surface area contributed by atoms with E-state index in [9.17, 15) is 4.79 Å². The molecule has 1 aromatic heterocycles. The topological polar surface area (TPSA) is 62.2 Å². The molecule has 4 nitrogen and oxygen atoms in total. The van der Waals surface area contributed by atoms with Gasteiger partial charge in [-0.1, -0.05) is 6.07 Å². The van der Waals surface area contributed by atoms with Crippen LogP contribution < -0.4 is 5.32 Å². The van der Waals surface area contributed by atoms with Crippen LogP contribution in [0.3, 0.4) is 0 Å². The first-order valence-corrected chi connectivity index (χ1v) is 5.63. The van der Waals surface area contributed by atoms with Crippen molar-refractivity contribution in [3.63, 3.8) is 0 Å². The number of carbonyl (C=O) groups is 1. The van der Waals surface area contributed by atoms with E-state index in [4.69, 9.17) is 5.11 Å². The highest BCUT2D eigenvalue weighted by atomic mass is 16.4. The first-order valence-electron chi connectivity index (χ1n) is 5.63. The van der Waals surface area contributed by atoms with Crippen LogP contribution in [-0.2, 0) is 6.54 Å². The second-order valence-electron chi connectivity index (χ2n) is 4.04. The van der Waals surface area contributed by atoms with E-state index < -0.39 is 5.97 Å². The molecule has 0 saturated heterocycles. The maximum atomic E-state index is 10.8. The number of aromatic carboxylic acids is 1. The predicted molar refractivity (Wildman–Crippen MR) is 69.7 cm³/mol. The number of nitrogens with zero attached hydrogens (tertiary/aromatic N) is 1. The minimum atomic E-state index is -0.918. The zero-order valence-corrected chi connectivity index (χ0v) is 10.1. The Hall–Kier alpha value is -2.36. The van der Waals surface area contributed by atoms with Gasteiger partial charge in [-0.3, -0.25) is 4.98 Å². The summed E-state index contributed by atoms with van der Waals surface area (Å²) in [5.41, 5.74) is 3.34. The average molecular weight is 242 g/mol. The van der Waals surface area contributed by atoms with Crippen LogP contribution in [0.4, 0.5) is 5.69 Å². The van der Waals surface area contributed by atoms with Gasteiger partial charge in [0, 0.05) is 24.6 Å². The summed E-state index contributed by atoms with van der Waals surface area (Å²) in [6.45, 7) is 2.65. The molecule has 0 bridgehead atoms. The summed E-state index contributed by atoms with van der Waals surface area (Å²) in [4.78, 5) is 14.9. The third-order valence-corrected chi connectivity index (χ3v) is 2.73. The van der Waals surface area contributed by atoms with Crippen molar-refractivity contribution in [3.8, 4) is 0 Å². The maximum Gasteiger partial charge on any atom is 0.335 e. The number of aromatic nitrogens is 1. The lowest BCUT2D eigenvalue weighted by Gasteiger charge is -2.09. The number of hydrogen-bond acceptors (Lipinski definition) is 3. The molecule has 0 aliphatic carbocycles. The van der Waals surface area contributed by atoms with Gasteiger partial charge in [-0.2, -0.15) is 0 Å². The van der Waals surface area contributed by atoms with Gasteiger partial charge in [0.25, 0.3) is 0 Å². The molecule has 4 heteroatoms. The van der Waals surface area contributed by atoms with Crippen molar-refractivity contribution in [1.82, 2.24) is 4.98 Å². The van der Waals surface area contributed by atoms with Gasteiger partial charge in [0.05, 0.1) is 5.56 Å². The van der Waals surface area contributed by atoms with E-state index in [1.54, 1.807) is 24.4 Å². The van der Waals surface area contributed by atoms with E-state index in [1.807, 2.05) is 25.3 Å². The molecule has 2 N–H and O–H groups in total. The lowest BCUT2D eigenvalue weighted by Crippen LogP contribution is -2.03. The zero-order chi connectivity index (χ0) is 13.0. The van der Waals surface area contributed by atoms with Crippen molar-refractivity contribution in [2.24, 2.45) is 0 Å². The Morgan fingerprint density at radius 3 is 2.94 bits per heavy atom. The quantitative estimate of drug-likeness (QED) is 0.865. The summed E-state index contributed by atoms with van der Waals surface area (Å²) in [5, 5.41) is 12.1. The molecular formula is C14H14N2O2. The minimum Gasteiger partial charge on any atom is -0.478 e. The van der Waals surface area contributed by atoms with Gasteiger partial charge in [0.1, 0.15) is 0 Å². The van der Waals surface area contributed by atoms with Crippen LogP contribution in [0.2, 0.25) is 0 Å². The van der Waals surface area contributed by atoms with Gasteiger partial charge in [0.15, 0.2) is 0 Å². The Morgan fingerprint density at radius 2 is 2.22 bits per heavy atom. The summed E-state index contributed by atoms with van der Waals surface area (Å²) < 4.78 is 0. The minimum absolute atomic E-state index is 0.284. The second kappa shape index (κ2) is 5.31. The molecule has 0 atom stereocenters. The van der Waals surface area contributed by atoms with E-state index in [1.165, 1.54) is 0 Å². The average Bonchev–Trinajstić information content (AvgIpc) is 2.38. The van der Waals surface area contributed by atoms with Crippen LogP contribution in [-0.4, -0.2) is 16.1 Å².